The molecule has 0 aromatic heterocycles. The van der Waals surface area contributed by atoms with Gasteiger partial charge in [0.05, 0.1) is 6.04 Å². The van der Waals surface area contributed by atoms with Gasteiger partial charge in [0.2, 0.25) is 0 Å². The molecule has 4 rings (SSSR count). The van der Waals surface area contributed by atoms with Gasteiger partial charge in [-0.3, -0.25) is 4.99 Å². The summed E-state index contributed by atoms with van der Waals surface area (Å²) in [5, 5.41) is 3.52. The lowest BCUT2D eigenvalue weighted by molar-refractivity contribution is 0.443. The average Bonchev–Trinajstić information content (AvgIpc) is 2.76. The Morgan fingerprint density at radius 2 is 1.32 bits per heavy atom. The van der Waals surface area contributed by atoms with E-state index in [2.05, 4.69) is 29.6 Å². The number of benzene rings is 3. The van der Waals surface area contributed by atoms with Gasteiger partial charge in [0.15, 0.2) is 0 Å². The summed E-state index contributed by atoms with van der Waals surface area (Å²) in [4.78, 5) is 5.08. The number of anilines is 1. The van der Waals surface area contributed by atoms with Gasteiger partial charge in [-0.15, -0.1) is 0 Å². The monoisotopic (exact) mass is 370 g/mol. The van der Waals surface area contributed by atoms with Crippen molar-refractivity contribution < 1.29 is 4.74 Å². The molecule has 1 aliphatic carbocycles. The first-order chi connectivity index (χ1) is 13.9. The van der Waals surface area contributed by atoms with Crippen LogP contribution in [0.1, 0.15) is 37.7 Å². The van der Waals surface area contributed by atoms with E-state index < -0.39 is 0 Å². The Bertz CT molecular complexity index is 883. The van der Waals surface area contributed by atoms with E-state index in [9.17, 15) is 0 Å². The van der Waals surface area contributed by atoms with Gasteiger partial charge < -0.3 is 10.1 Å². The van der Waals surface area contributed by atoms with E-state index >= 15 is 0 Å². The van der Waals surface area contributed by atoms with Crippen LogP contribution in [0.2, 0.25) is 0 Å². The van der Waals surface area contributed by atoms with Crippen molar-refractivity contribution in [3.05, 3.63) is 90.5 Å². The number of nitrogens with zero attached hydrogens (tertiary/aromatic N) is 1. The molecule has 142 valence electrons. The van der Waals surface area contributed by atoms with E-state index in [1.54, 1.807) is 0 Å². The standard InChI is InChI=1S/C25H26N2O/c1-4-10-21(11-5-1)26-25(27-22-12-6-2-7-13-22)20-16-18-24(19-17-20)28-23-14-8-3-9-15-23/h1,3-5,8-11,14-19,22H,2,6-7,12-13H2,(H,26,27). The number of nitrogens with one attached hydrogen (secondary N) is 1. The van der Waals surface area contributed by atoms with Gasteiger partial charge in [-0.2, -0.15) is 0 Å². The maximum absolute atomic E-state index is 5.92. The molecule has 0 unspecified atom stereocenters. The highest BCUT2D eigenvalue weighted by Gasteiger charge is 2.14. The average molecular weight is 370 g/mol. The summed E-state index contributed by atoms with van der Waals surface area (Å²) < 4.78 is 5.92. The Hall–Kier alpha value is -3.07. The molecule has 3 aromatic carbocycles. The Kier molecular flexibility index (Phi) is 6.03. The number of hydrogen-bond acceptors (Lipinski definition) is 2. The molecule has 0 bridgehead atoms. The summed E-state index contributed by atoms with van der Waals surface area (Å²) >= 11 is 0. The normalized spacial score (nSPS) is 15.2. The smallest absolute Gasteiger partial charge is 0.133 e. The molecule has 0 saturated heterocycles. The van der Waals surface area contributed by atoms with Crippen LogP contribution in [0.15, 0.2) is 89.9 Å². The van der Waals surface area contributed by atoms with Crippen molar-refractivity contribution >= 4 is 11.5 Å². The molecule has 0 radical (unpaired) electrons. The lowest BCUT2D eigenvalue weighted by Gasteiger charge is -2.20. The van der Waals surface area contributed by atoms with Gasteiger partial charge in [-0.25, -0.2) is 0 Å². The van der Waals surface area contributed by atoms with Crippen LogP contribution in [0.5, 0.6) is 11.5 Å². The highest BCUT2D eigenvalue weighted by Crippen LogP contribution is 2.24. The fraction of sp³-hybridized carbons (Fsp3) is 0.240. The Morgan fingerprint density at radius 1 is 0.714 bits per heavy atom. The maximum Gasteiger partial charge on any atom is 0.133 e. The van der Waals surface area contributed by atoms with Gasteiger partial charge in [0, 0.05) is 11.3 Å². The molecule has 0 heterocycles. The molecule has 1 saturated carbocycles. The van der Waals surface area contributed by atoms with Gasteiger partial charge >= 0.3 is 0 Å². The molecule has 0 aliphatic heterocycles. The van der Waals surface area contributed by atoms with E-state index in [0.29, 0.717) is 6.04 Å². The van der Waals surface area contributed by atoms with E-state index in [-0.39, 0.29) is 0 Å². The van der Waals surface area contributed by atoms with Crippen LogP contribution in [0.3, 0.4) is 0 Å². The molecule has 1 aliphatic rings. The molecule has 28 heavy (non-hydrogen) atoms. The van der Waals surface area contributed by atoms with E-state index in [0.717, 1.165) is 28.6 Å². The summed E-state index contributed by atoms with van der Waals surface area (Å²) in [6, 6.07) is 28.7. The third-order valence-corrected chi connectivity index (χ3v) is 5.03. The first-order valence-corrected chi connectivity index (χ1v) is 10.1. The second kappa shape index (κ2) is 9.23. The second-order valence-corrected chi connectivity index (χ2v) is 7.20. The van der Waals surface area contributed by atoms with Crippen LogP contribution in [0.4, 0.5) is 5.69 Å². The van der Waals surface area contributed by atoms with Crippen LogP contribution in [-0.4, -0.2) is 11.9 Å². The third kappa shape index (κ3) is 5.01. The van der Waals surface area contributed by atoms with Gasteiger partial charge in [-0.05, 0) is 61.4 Å². The predicted octanol–water partition coefficient (Wildman–Crippen LogP) is 6.67. The van der Waals surface area contributed by atoms with Crippen molar-refractivity contribution in [2.75, 3.05) is 5.32 Å². The second-order valence-electron chi connectivity index (χ2n) is 7.20. The molecule has 3 nitrogen and oxygen atoms in total. The molecule has 0 amide bonds. The first kappa shape index (κ1) is 18.3. The lowest BCUT2D eigenvalue weighted by atomic mass is 9.96. The van der Waals surface area contributed by atoms with Gasteiger partial charge in [0.1, 0.15) is 17.3 Å². The molecule has 1 fully saturated rings. The maximum atomic E-state index is 5.92. The van der Waals surface area contributed by atoms with Crippen molar-refractivity contribution in [1.82, 2.24) is 0 Å². The third-order valence-electron chi connectivity index (χ3n) is 5.03. The molecular weight excluding hydrogens is 344 g/mol. The molecule has 3 heteroatoms. The predicted molar refractivity (Wildman–Crippen MR) is 116 cm³/mol. The zero-order chi connectivity index (χ0) is 19.0. The van der Waals surface area contributed by atoms with Crippen LogP contribution in [0, 0.1) is 0 Å². The SMILES string of the molecule is c1ccc(NC(=NC2CCCCC2)c2ccc(Oc3ccccc3)cc2)cc1. The molecule has 1 N–H and O–H groups in total. The van der Waals surface area contributed by atoms with Crippen LogP contribution < -0.4 is 10.1 Å². The zero-order valence-electron chi connectivity index (χ0n) is 16.1. The lowest BCUT2D eigenvalue weighted by Crippen LogP contribution is -2.19. The highest BCUT2D eigenvalue weighted by atomic mass is 16.5. The largest absolute Gasteiger partial charge is 0.457 e. The number of ether oxygens (including phenoxy) is 1. The number of amidine groups is 1. The highest BCUT2D eigenvalue weighted by molar-refractivity contribution is 6.08. The minimum Gasteiger partial charge on any atom is -0.457 e. The Morgan fingerprint density at radius 3 is 2.00 bits per heavy atom. The number of para-hydroxylation sites is 2. The van der Waals surface area contributed by atoms with Crippen molar-refractivity contribution in [1.29, 1.82) is 0 Å². The van der Waals surface area contributed by atoms with Crippen LogP contribution >= 0.6 is 0 Å². The molecular formula is C25H26N2O. The number of rotatable bonds is 5. The van der Waals surface area contributed by atoms with E-state index in [4.69, 9.17) is 9.73 Å². The minimum absolute atomic E-state index is 0.403. The fourth-order valence-electron chi connectivity index (χ4n) is 3.54. The summed E-state index contributed by atoms with van der Waals surface area (Å²) in [6.45, 7) is 0. The van der Waals surface area contributed by atoms with Crippen molar-refractivity contribution in [3.8, 4) is 11.5 Å². The Balaban J connectivity index is 1.55. The van der Waals surface area contributed by atoms with E-state index in [1.165, 1.54) is 32.1 Å². The van der Waals surface area contributed by atoms with E-state index in [1.807, 2.05) is 60.7 Å². The quantitative estimate of drug-likeness (QED) is 0.402. The minimum atomic E-state index is 0.403. The topological polar surface area (TPSA) is 33.6 Å². The zero-order valence-corrected chi connectivity index (χ0v) is 16.1. The summed E-state index contributed by atoms with van der Waals surface area (Å²) in [6.07, 6.45) is 6.23. The Labute approximate surface area is 167 Å². The van der Waals surface area contributed by atoms with Crippen molar-refractivity contribution in [3.63, 3.8) is 0 Å². The van der Waals surface area contributed by atoms with Crippen LogP contribution in [-0.2, 0) is 0 Å². The fourth-order valence-corrected chi connectivity index (χ4v) is 3.54. The molecule has 3 aromatic rings. The van der Waals surface area contributed by atoms with Crippen LogP contribution in [0.25, 0.3) is 0 Å². The summed E-state index contributed by atoms with van der Waals surface area (Å²) in [5.74, 6) is 2.60. The first-order valence-electron chi connectivity index (χ1n) is 10.1. The summed E-state index contributed by atoms with van der Waals surface area (Å²) in [5.41, 5.74) is 2.14. The van der Waals surface area contributed by atoms with Crippen molar-refractivity contribution in [2.45, 2.75) is 38.1 Å². The van der Waals surface area contributed by atoms with Gasteiger partial charge in [-0.1, -0.05) is 55.7 Å². The molecule has 0 atom stereocenters. The molecule has 0 spiro atoms. The number of hydrogen-bond donors (Lipinski definition) is 1. The number of aliphatic imine (C=N–C) groups is 1. The van der Waals surface area contributed by atoms with Crippen molar-refractivity contribution in [2.24, 2.45) is 4.99 Å². The summed E-state index contributed by atoms with van der Waals surface area (Å²) in [7, 11) is 0. The van der Waals surface area contributed by atoms with Gasteiger partial charge in [0.25, 0.3) is 0 Å².